The van der Waals surface area contributed by atoms with E-state index in [1.54, 1.807) is 0 Å². The SMILES string of the molecule is CCC1(CN2CCC(C)(C)CC2)CC1. The van der Waals surface area contributed by atoms with Crippen LogP contribution in [0.3, 0.4) is 0 Å². The fraction of sp³-hybridized carbons (Fsp3) is 1.00. The molecular formula is C13H25N. The summed E-state index contributed by atoms with van der Waals surface area (Å²) in [5.74, 6) is 0. The van der Waals surface area contributed by atoms with Gasteiger partial charge in [0.25, 0.3) is 0 Å². The Hall–Kier alpha value is -0.0400. The molecule has 0 spiro atoms. The fourth-order valence-corrected chi connectivity index (χ4v) is 2.59. The molecule has 1 nitrogen and oxygen atoms in total. The van der Waals surface area contributed by atoms with Crippen molar-refractivity contribution in [1.29, 1.82) is 0 Å². The minimum atomic E-state index is 0.611. The van der Waals surface area contributed by atoms with Crippen molar-refractivity contribution in [2.24, 2.45) is 10.8 Å². The van der Waals surface area contributed by atoms with Crippen LogP contribution in [0, 0.1) is 10.8 Å². The Morgan fingerprint density at radius 2 is 1.57 bits per heavy atom. The highest BCUT2D eigenvalue weighted by molar-refractivity contribution is 4.95. The average molecular weight is 195 g/mol. The molecule has 0 amide bonds. The van der Waals surface area contributed by atoms with E-state index in [2.05, 4.69) is 25.7 Å². The van der Waals surface area contributed by atoms with E-state index in [1.807, 2.05) is 0 Å². The van der Waals surface area contributed by atoms with Crippen molar-refractivity contribution in [2.45, 2.75) is 52.9 Å². The third-order valence-corrected chi connectivity index (χ3v) is 4.48. The molecule has 1 aliphatic heterocycles. The number of rotatable bonds is 3. The van der Waals surface area contributed by atoms with E-state index < -0.39 is 0 Å². The first kappa shape index (κ1) is 10.5. The monoisotopic (exact) mass is 195 g/mol. The molecule has 0 atom stereocenters. The summed E-state index contributed by atoms with van der Waals surface area (Å²) in [4.78, 5) is 2.71. The molecule has 0 radical (unpaired) electrons. The van der Waals surface area contributed by atoms with E-state index in [9.17, 15) is 0 Å². The topological polar surface area (TPSA) is 3.24 Å². The summed E-state index contributed by atoms with van der Waals surface area (Å²) in [7, 11) is 0. The second-order valence-corrected chi connectivity index (χ2v) is 6.29. The molecule has 0 aromatic carbocycles. The van der Waals surface area contributed by atoms with Gasteiger partial charge in [-0.2, -0.15) is 0 Å². The minimum Gasteiger partial charge on any atom is -0.303 e. The van der Waals surface area contributed by atoms with Crippen molar-refractivity contribution >= 4 is 0 Å². The first-order valence-electron chi connectivity index (χ1n) is 6.28. The van der Waals surface area contributed by atoms with Gasteiger partial charge in [0.05, 0.1) is 0 Å². The summed E-state index contributed by atoms with van der Waals surface area (Å²) in [6, 6.07) is 0. The van der Waals surface area contributed by atoms with Gasteiger partial charge in [0.1, 0.15) is 0 Å². The minimum absolute atomic E-state index is 0.611. The first-order valence-corrected chi connectivity index (χ1v) is 6.28. The fourth-order valence-electron chi connectivity index (χ4n) is 2.59. The zero-order valence-electron chi connectivity index (χ0n) is 10.1. The zero-order chi connectivity index (χ0) is 10.2. The highest BCUT2D eigenvalue weighted by Crippen LogP contribution is 2.49. The molecule has 0 aromatic heterocycles. The molecule has 1 heterocycles. The maximum atomic E-state index is 2.71. The van der Waals surface area contributed by atoms with E-state index in [-0.39, 0.29) is 0 Å². The summed E-state index contributed by atoms with van der Waals surface area (Å²) in [5.41, 5.74) is 1.36. The van der Waals surface area contributed by atoms with E-state index in [0.29, 0.717) is 5.41 Å². The molecule has 1 heteroatoms. The van der Waals surface area contributed by atoms with Gasteiger partial charge in [-0.3, -0.25) is 0 Å². The van der Waals surface area contributed by atoms with Gasteiger partial charge < -0.3 is 4.90 Å². The Morgan fingerprint density at radius 1 is 1.00 bits per heavy atom. The molecule has 0 bridgehead atoms. The molecule has 0 N–H and O–H groups in total. The molecule has 0 unspecified atom stereocenters. The van der Waals surface area contributed by atoms with Gasteiger partial charge in [-0.15, -0.1) is 0 Å². The second-order valence-electron chi connectivity index (χ2n) is 6.29. The van der Waals surface area contributed by atoms with Gasteiger partial charge in [0, 0.05) is 6.54 Å². The van der Waals surface area contributed by atoms with Crippen molar-refractivity contribution < 1.29 is 0 Å². The Labute approximate surface area is 88.9 Å². The summed E-state index contributed by atoms with van der Waals surface area (Å²) in [5, 5.41) is 0. The van der Waals surface area contributed by atoms with Crippen LogP contribution in [-0.2, 0) is 0 Å². The third kappa shape index (κ3) is 2.31. The smallest absolute Gasteiger partial charge is 0.00379 e. The predicted octanol–water partition coefficient (Wildman–Crippen LogP) is 3.30. The number of piperidine rings is 1. The molecular weight excluding hydrogens is 170 g/mol. The Bertz CT molecular complexity index is 193. The maximum Gasteiger partial charge on any atom is 0.00379 e. The molecule has 2 rings (SSSR count). The van der Waals surface area contributed by atoms with Gasteiger partial charge in [0.2, 0.25) is 0 Å². The lowest BCUT2D eigenvalue weighted by atomic mass is 9.82. The first-order chi connectivity index (χ1) is 6.55. The lowest BCUT2D eigenvalue weighted by Gasteiger charge is -2.38. The van der Waals surface area contributed by atoms with Crippen LogP contribution in [-0.4, -0.2) is 24.5 Å². The molecule has 2 fully saturated rings. The van der Waals surface area contributed by atoms with Crippen LogP contribution in [0.2, 0.25) is 0 Å². The Kier molecular flexibility index (Phi) is 2.63. The second kappa shape index (κ2) is 3.52. The van der Waals surface area contributed by atoms with Gasteiger partial charge in [-0.25, -0.2) is 0 Å². The van der Waals surface area contributed by atoms with Gasteiger partial charge in [-0.05, 0) is 56.0 Å². The van der Waals surface area contributed by atoms with Gasteiger partial charge in [-0.1, -0.05) is 20.8 Å². The van der Waals surface area contributed by atoms with E-state index >= 15 is 0 Å². The van der Waals surface area contributed by atoms with Crippen molar-refractivity contribution in [1.82, 2.24) is 4.90 Å². The van der Waals surface area contributed by atoms with E-state index in [0.717, 1.165) is 5.41 Å². The normalized spacial score (nSPS) is 30.2. The van der Waals surface area contributed by atoms with Crippen molar-refractivity contribution in [3.8, 4) is 0 Å². The zero-order valence-corrected chi connectivity index (χ0v) is 10.1. The van der Waals surface area contributed by atoms with Crippen molar-refractivity contribution in [3.05, 3.63) is 0 Å². The number of nitrogens with zero attached hydrogens (tertiary/aromatic N) is 1. The molecule has 1 aliphatic carbocycles. The number of hydrogen-bond donors (Lipinski definition) is 0. The van der Waals surface area contributed by atoms with Crippen LogP contribution >= 0.6 is 0 Å². The average Bonchev–Trinajstić information content (AvgIpc) is 2.90. The highest BCUT2D eigenvalue weighted by atomic mass is 15.1. The van der Waals surface area contributed by atoms with Crippen LogP contribution in [0.25, 0.3) is 0 Å². The largest absolute Gasteiger partial charge is 0.303 e. The number of likely N-dealkylation sites (tertiary alicyclic amines) is 1. The Morgan fingerprint density at radius 3 is 2.00 bits per heavy atom. The summed E-state index contributed by atoms with van der Waals surface area (Å²) >= 11 is 0. The van der Waals surface area contributed by atoms with Crippen LogP contribution < -0.4 is 0 Å². The highest BCUT2D eigenvalue weighted by Gasteiger charge is 2.42. The van der Waals surface area contributed by atoms with Crippen LogP contribution in [0.4, 0.5) is 0 Å². The quantitative estimate of drug-likeness (QED) is 0.668. The standard InChI is InChI=1S/C13H25N/c1-4-13(5-6-13)11-14-9-7-12(2,3)8-10-14/h4-11H2,1-3H3. The van der Waals surface area contributed by atoms with Gasteiger partial charge in [0.15, 0.2) is 0 Å². The molecule has 1 saturated heterocycles. The molecule has 2 aliphatic rings. The van der Waals surface area contributed by atoms with Gasteiger partial charge >= 0.3 is 0 Å². The Balaban J connectivity index is 1.79. The van der Waals surface area contributed by atoms with Crippen LogP contribution in [0.15, 0.2) is 0 Å². The van der Waals surface area contributed by atoms with Crippen molar-refractivity contribution in [3.63, 3.8) is 0 Å². The summed E-state index contributed by atoms with van der Waals surface area (Å²) in [6.07, 6.45) is 7.17. The van der Waals surface area contributed by atoms with Crippen molar-refractivity contribution in [2.75, 3.05) is 19.6 Å². The lowest BCUT2D eigenvalue weighted by molar-refractivity contribution is 0.111. The summed E-state index contributed by atoms with van der Waals surface area (Å²) < 4.78 is 0. The molecule has 0 aromatic rings. The molecule has 82 valence electrons. The molecule has 1 saturated carbocycles. The number of hydrogen-bond acceptors (Lipinski definition) is 1. The van der Waals surface area contributed by atoms with E-state index in [4.69, 9.17) is 0 Å². The van der Waals surface area contributed by atoms with E-state index in [1.165, 1.54) is 51.7 Å². The third-order valence-electron chi connectivity index (χ3n) is 4.48. The lowest BCUT2D eigenvalue weighted by Crippen LogP contribution is -2.40. The summed E-state index contributed by atoms with van der Waals surface area (Å²) in [6.45, 7) is 11.3. The van der Waals surface area contributed by atoms with Crippen LogP contribution in [0.1, 0.15) is 52.9 Å². The van der Waals surface area contributed by atoms with Crippen LogP contribution in [0.5, 0.6) is 0 Å². The maximum absolute atomic E-state index is 2.71. The predicted molar refractivity (Wildman–Crippen MR) is 61.4 cm³/mol. The molecule has 14 heavy (non-hydrogen) atoms.